The molecule has 17 heavy (non-hydrogen) atoms. The number of methoxy groups -OCH3 is 1. The highest BCUT2D eigenvalue weighted by Gasteiger charge is 2.31. The molecule has 0 atom stereocenters. The summed E-state index contributed by atoms with van der Waals surface area (Å²) in [5.74, 6) is -0.774. The van der Waals surface area contributed by atoms with Crippen LogP contribution in [0.15, 0.2) is 18.2 Å². The van der Waals surface area contributed by atoms with Crippen molar-refractivity contribution in [2.45, 2.75) is 26.9 Å². The van der Waals surface area contributed by atoms with Crippen LogP contribution in [0.3, 0.4) is 0 Å². The van der Waals surface area contributed by atoms with Crippen LogP contribution in [0.5, 0.6) is 0 Å². The number of aryl methyl sites for hydroxylation is 1. The number of benzene rings is 1. The lowest BCUT2D eigenvalue weighted by Gasteiger charge is -2.09. The Hall–Kier alpha value is -1.52. The van der Waals surface area contributed by atoms with Crippen molar-refractivity contribution in [2.24, 2.45) is 0 Å². The zero-order chi connectivity index (χ0) is 13.6. The van der Waals surface area contributed by atoms with E-state index in [1.54, 1.807) is 0 Å². The zero-order valence-electron chi connectivity index (χ0n) is 10.2. The minimum atomic E-state index is -4.45. The minimum Gasteiger partial charge on any atom is -0.465 e. The van der Waals surface area contributed by atoms with Crippen molar-refractivity contribution in [2.75, 3.05) is 7.11 Å². The van der Waals surface area contributed by atoms with Crippen LogP contribution in [0.25, 0.3) is 0 Å². The standard InChI is InChI=1S/C10H9F3O2.C2H6/c1-6-3-7(9(14)15-2)5-8(4-6)10(11,12)13;1-2/h3-5H,1-2H3;1-2H3. The minimum absolute atomic E-state index is 0.0928. The molecule has 1 rings (SSSR count). The van der Waals surface area contributed by atoms with E-state index in [-0.39, 0.29) is 5.56 Å². The Labute approximate surface area is 98.4 Å². The quantitative estimate of drug-likeness (QED) is 0.706. The van der Waals surface area contributed by atoms with Gasteiger partial charge >= 0.3 is 12.1 Å². The molecule has 0 saturated heterocycles. The number of rotatable bonds is 1. The highest BCUT2D eigenvalue weighted by molar-refractivity contribution is 5.89. The first-order chi connectivity index (χ1) is 7.84. The number of halogens is 3. The molecule has 1 aromatic carbocycles. The van der Waals surface area contributed by atoms with Gasteiger partial charge < -0.3 is 4.74 Å². The first-order valence-electron chi connectivity index (χ1n) is 5.12. The monoisotopic (exact) mass is 248 g/mol. The van der Waals surface area contributed by atoms with Gasteiger partial charge in [0.1, 0.15) is 0 Å². The Morgan fingerprint density at radius 2 is 1.71 bits per heavy atom. The maximum atomic E-state index is 12.4. The summed E-state index contributed by atoms with van der Waals surface area (Å²) in [6.07, 6.45) is -4.45. The summed E-state index contributed by atoms with van der Waals surface area (Å²) >= 11 is 0. The highest BCUT2D eigenvalue weighted by atomic mass is 19.4. The molecular weight excluding hydrogens is 233 g/mol. The summed E-state index contributed by atoms with van der Waals surface area (Å²) in [5.41, 5.74) is -0.571. The molecule has 0 fully saturated rings. The van der Waals surface area contributed by atoms with E-state index < -0.39 is 17.7 Å². The Morgan fingerprint density at radius 1 is 1.18 bits per heavy atom. The van der Waals surface area contributed by atoms with Gasteiger partial charge in [-0.15, -0.1) is 0 Å². The number of ether oxygens (including phenoxy) is 1. The van der Waals surface area contributed by atoms with Gasteiger partial charge in [0.2, 0.25) is 0 Å². The molecule has 0 saturated carbocycles. The molecule has 0 amide bonds. The summed E-state index contributed by atoms with van der Waals surface area (Å²) in [4.78, 5) is 11.1. The third kappa shape index (κ3) is 4.46. The van der Waals surface area contributed by atoms with Crippen molar-refractivity contribution in [3.63, 3.8) is 0 Å². The second kappa shape index (κ2) is 6.27. The van der Waals surface area contributed by atoms with Crippen LogP contribution in [-0.4, -0.2) is 13.1 Å². The van der Waals surface area contributed by atoms with E-state index in [1.165, 1.54) is 13.0 Å². The molecule has 0 aromatic heterocycles. The Bertz CT molecular complexity index is 384. The Morgan fingerprint density at radius 3 is 2.12 bits per heavy atom. The predicted molar refractivity (Wildman–Crippen MR) is 58.9 cm³/mol. The molecule has 0 N–H and O–H groups in total. The average Bonchev–Trinajstić information content (AvgIpc) is 2.28. The molecule has 0 bridgehead atoms. The van der Waals surface area contributed by atoms with Gasteiger partial charge in [-0.25, -0.2) is 4.79 Å². The fraction of sp³-hybridized carbons (Fsp3) is 0.417. The van der Waals surface area contributed by atoms with Gasteiger partial charge in [-0.2, -0.15) is 13.2 Å². The topological polar surface area (TPSA) is 26.3 Å². The second-order valence-corrected chi connectivity index (χ2v) is 3.08. The zero-order valence-corrected chi connectivity index (χ0v) is 10.2. The van der Waals surface area contributed by atoms with Gasteiger partial charge in [0, 0.05) is 0 Å². The first-order valence-corrected chi connectivity index (χ1v) is 5.12. The van der Waals surface area contributed by atoms with Crippen LogP contribution in [0.2, 0.25) is 0 Å². The SMILES string of the molecule is CC.COC(=O)c1cc(C)cc(C(F)(F)F)c1. The largest absolute Gasteiger partial charge is 0.465 e. The van der Waals surface area contributed by atoms with Crippen LogP contribution < -0.4 is 0 Å². The maximum Gasteiger partial charge on any atom is 0.416 e. The van der Waals surface area contributed by atoms with Gasteiger partial charge in [-0.05, 0) is 30.7 Å². The van der Waals surface area contributed by atoms with Gasteiger partial charge in [0.25, 0.3) is 0 Å². The van der Waals surface area contributed by atoms with E-state index in [2.05, 4.69) is 4.74 Å². The van der Waals surface area contributed by atoms with Gasteiger partial charge in [0.15, 0.2) is 0 Å². The number of hydrogen-bond donors (Lipinski definition) is 0. The van der Waals surface area contributed by atoms with E-state index in [0.717, 1.165) is 19.2 Å². The normalized spacial score (nSPS) is 10.3. The molecule has 0 aliphatic carbocycles. The van der Waals surface area contributed by atoms with Crippen LogP contribution in [0.1, 0.15) is 35.3 Å². The first kappa shape index (κ1) is 15.5. The van der Waals surface area contributed by atoms with Crippen molar-refractivity contribution in [1.29, 1.82) is 0 Å². The summed E-state index contributed by atoms with van der Waals surface area (Å²) in [7, 11) is 1.12. The van der Waals surface area contributed by atoms with Crippen molar-refractivity contribution in [3.8, 4) is 0 Å². The van der Waals surface area contributed by atoms with Crippen molar-refractivity contribution >= 4 is 5.97 Å². The molecule has 5 heteroatoms. The summed E-state index contributed by atoms with van der Waals surface area (Å²) in [6, 6.07) is 3.10. The van der Waals surface area contributed by atoms with Crippen molar-refractivity contribution in [1.82, 2.24) is 0 Å². The van der Waals surface area contributed by atoms with Crippen LogP contribution in [0.4, 0.5) is 13.2 Å². The maximum absolute atomic E-state index is 12.4. The predicted octanol–water partition coefficient (Wildman–Crippen LogP) is 3.83. The van der Waals surface area contributed by atoms with Crippen LogP contribution in [-0.2, 0) is 10.9 Å². The number of esters is 1. The molecule has 96 valence electrons. The fourth-order valence-corrected chi connectivity index (χ4v) is 1.18. The second-order valence-electron chi connectivity index (χ2n) is 3.08. The Balaban J connectivity index is 0.00000121. The van der Waals surface area contributed by atoms with E-state index in [4.69, 9.17) is 0 Å². The summed E-state index contributed by atoms with van der Waals surface area (Å²) in [6.45, 7) is 5.49. The van der Waals surface area contributed by atoms with Crippen molar-refractivity contribution in [3.05, 3.63) is 34.9 Å². The third-order valence-corrected chi connectivity index (χ3v) is 1.83. The third-order valence-electron chi connectivity index (χ3n) is 1.83. The van der Waals surface area contributed by atoms with Crippen molar-refractivity contribution < 1.29 is 22.7 Å². The molecule has 1 aromatic rings. The molecule has 0 radical (unpaired) electrons. The fourth-order valence-electron chi connectivity index (χ4n) is 1.18. The molecule has 2 nitrogen and oxygen atoms in total. The van der Waals surface area contributed by atoms with Crippen LogP contribution in [0, 0.1) is 6.92 Å². The number of alkyl halides is 3. The van der Waals surface area contributed by atoms with Gasteiger partial charge in [0.05, 0.1) is 18.2 Å². The molecule has 0 heterocycles. The molecule has 0 unspecified atom stereocenters. The molecular formula is C12H15F3O2. The number of hydrogen-bond acceptors (Lipinski definition) is 2. The lowest BCUT2D eigenvalue weighted by molar-refractivity contribution is -0.137. The lowest BCUT2D eigenvalue weighted by Crippen LogP contribution is -2.09. The lowest BCUT2D eigenvalue weighted by atomic mass is 10.1. The van der Waals surface area contributed by atoms with Gasteiger partial charge in [-0.1, -0.05) is 13.8 Å². The molecule has 0 aliphatic rings. The summed E-state index contributed by atoms with van der Waals surface area (Å²) in [5, 5.41) is 0. The number of carbonyl (C=O) groups is 1. The van der Waals surface area contributed by atoms with E-state index in [1.807, 2.05) is 13.8 Å². The van der Waals surface area contributed by atoms with E-state index >= 15 is 0 Å². The number of carbonyl (C=O) groups excluding carboxylic acids is 1. The Kier molecular flexibility index (Phi) is 5.71. The van der Waals surface area contributed by atoms with E-state index in [9.17, 15) is 18.0 Å². The molecule has 0 aliphatic heterocycles. The van der Waals surface area contributed by atoms with E-state index in [0.29, 0.717) is 5.56 Å². The molecule has 0 spiro atoms. The highest BCUT2D eigenvalue weighted by Crippen LogP contribution is 2.30. The average molecular weight is 248 g/mol. The smallest absolute Gasteiger partial charge is 0.416 e. The van der Waals surface area contributed by atoms with Gasteiger partial charge in [-0.3, -0.25) is 0 Å². The summed E-state index contributed by atoms with van der Waals surface area (Å²) < 4.78 is 41.4. The van der Waals surface area contributed by atoms with Crippen LogP contribution >= 0.6 is 0 Å².